The lowest BCUT2D eigenvalue weighted by Crippen LogP contribution is -2.46. The van der Waals surface area contributed by atoms with Crippen LogP contribution >= 0.6 is 0 Å². The van der Waals surface area contributed by atoms with Crippen molar-refractivity contribution in [1.29, 1.82) is 0 Å². The fourth-order valence-electron chi connectivity index (χ4n) is 5.16. The third-order valence-electron chi connectivity index (χ3n) is 7.28. The zero-order chi connectivity index (χ0) is 27.3. The van der Waals surface area contributed by atoms with Gasteiger partial charge in [0.15, 0.2) is 5.82 Å². The first-order valence-electron chi connectivity index (χ1n) is 13.8. The molecule has 6 rings (SSSR count). The molecule has 0 unspecified atom stereocenters. The Morgan fingerprint density at radius 2 is 1.65 bits per heavy atom. The summed E-state index contributed by atoms with van der Waals surface area (Å²) in [5, 5.41) is 0. The molecule has 0 spiro atoms. The second-order valence-electron chi connectivity index (χ2n) is 10.2. The van der Waals surface area contributed by atoms with E-state index in [0.29, 0.717) is 12.6 Å². The molecule has 1 saturated heterocycles. The predicted molar refractivity (Wildman–Crippen MR) is 157 cm³/mol. The van der Waals surface area contributed by atoms with Gasteiger partial charge in [0.2, 0.25) is 5.95 Å². The molecule has 204 valence electrons. The Morgan fingerprint density at radius 3 is 2.40 bits per heavy atom. The minimum absolute atomic E-state index is 0.323. The van der Waals surface area contributed by atoms with E-state index in [2.05, 4.69) is 66.6 Å². The van der Waals surface area contributed by atoms with Crippen LogP contribution in [0.2, 0.25) is 0 Å². The molecule has 0 atom stereocenters. The number of pyridine rings is 1. The summed E-state index contributed by atoms with van der Waals surface area (Å²) in [4.78, 5) is 22.6. The normalized spacial score (nSPS) is 14.5. The number of aryl methyl sites for hydroxylation is 1. The minimum Gasteiger partial charge on any atom is -0.494 e. The molecule has 1 fully saturated rings. The van der Waals surface area contributed by atoms with Crippen LogP contribution in [0.25, 0.3) is 28.2 Å². The minimum atomic E-state index is 0.323. The Morgan fingerprint density at radius 1 is 0.875 bits per heavy atom. The highest BCUT2D eigenvalue weighted by atomic mass is 16.5. The molecule has 0 aliphatic carbocycles. The maximum atomic E-state index is 6.10. The van der Waals surface area contributed by atoms with Crippen LogP contribution < -0.4 is 10.5 Å². The number of hydrogen-bond donors (Lipinski definition) is 1. The van der Waals surface area contributed by atoms with E-state index in [1.165, 1.54) is 5.56 Å². The summed E-state index contributed by atoms with van der Waals surface area (Å²) in [6.45, 7) is 8.86. The van der Waals surface area contributed by atoms with Crippen molar-refractivity contribution in [3.63, 3.8) is 0 Å². The third kappa shape index (κ3) is 5.95. The molecular formula is C31H34N8O. The summed E-state index contributed by atoms with van der Waals surface area (Å²) in [6.07, 6.45) is 6.42. The summed E-state index contributed by atoms with van der Waals surface area (Å²) >= 11 is 0. The van der Waals surface area contributed by atoms with Crippen molar-refractivity contribution < 1.29 is 4.74 Å². The van der Waals surface area contributed by atoms with Crippen molar-refractivity contribution >= 4 is 17.0 Å². The van der Waals surface area contributed by atoms with Gasteiger partial charge in [-0.25, -0.2) is 15.0 Å². The van der Waals surface area contributed by atoms with Crippen LogP contribution in [0.15, 0.2) is 79.3 Å². The molecule has 2 N–H and O–H groups in total. The number of aromatic nitrogens is 5. The maximum absolute atomic E-state index is 6.10. The van der Waals surface area contributed by atoms with Crippen molar-refractivity contribution in [2.75, 3.05) is 45.1 Å². The summed E-state index contributed by atoms with van der Waals surface area (Å²) in [5.41, 5.74) is 11.8. The smallest absolute Gasteiger partial charge is 0.219 e. The number of rotatable bonds is 9. The van der Waals surface area contributed by atoms with E-state index in [1.807, 2.05) is 42.7 Å². The van der Waals surface area contributed by atoms with Crippen molar-refractivity contribution in [3.8, 4) is 23.0 Å². The van der Waals surface area contributed by atoms with Gasteiger partial charge in [-0.3, -0.25) is 14.5 Å². The predicted octanol–water partition coefficient (Wildman–Crippen LogP) is 4.35. The first-order chi connectivity index (χ1) is 19.6. The zero-order valence-electron chi connectivity index (χ0n) is 22.8. The molecule has 0 bridgehead atoms. The van der Waals surface area contributed by atoms with Crippen molar-refractivity contribution in [2.24, 2.45) is 0 Å². The molecular weight excluding hydrogens is 500 g/mol. The fraction of sp³-hybridized carbons (Fsp3) is 0.290. The summed E-state index contributed by atoms with van der Waals surface area (Å²) in [7, 11) is 0. The van der Waals surface area contributed by atoms with Gasteiger partial charge in [-0.2, -0.15) is 0 Å². The standard InChI is InChI=1S/C31H34N8O/c1-23-6-11-29-28(19-23)36-30(27-5-2-3-12-33-27)39(29)25-7-9-26(10-8-25)40-18-4-13-37-14-16-38(17-15-37)22-24-20-34-31(32)35-21-24/h2-3,5-12,19-21H,4,13-18,22H2,1H3,(H2,32,34,35). The van der Waals surface area contributed by atoms with Gasteiger partial charge in [-0.1, -0.05) is 12.1 Å². The molecule has 4 heterocycles. The van der Waals surface area contributed by atoms with Gasteiger partial charge in [-0.05, 0) is 67.4 Å². The number of nitrogen functional groups attached to an aromatic ring is 1. The lowest BCUT2D eigenvalue weighted by Gasteiger charge is -2.34. The molecule has 3 aromatic heterocycles. The number of anilines is 1. The Labute approximate surface area is 234 Å². The monoisotopic (exact) mass is 534 g/mol. The van der Waals surface area contributed by atoms with Crippen molar-refractivity contribution in [2.45, 2.75) is 19.9 Å². The third-order valence-corrected chi connectivity index (χ3v) is 7.28. The number of fused-ring (bicyclic) bond motifs is 1. The number of piperazine rings is 1. The molecule has 1 aliphatic heterocycles. The molecule has 0 saturated carbocycles. The molecule has 2 aromatic carbocycles. The quantitative estimate of drug-likeness (QED) is 0.279. The fourth-order valence-corrected chi connectivity index (χ4v) is 5.16. The Bertz CT molecular complexity index is 1540. The average molecular weight is 535 g/mol. The van der Waals surface area contributed by atoms with Gasteiger partial charge in [-0.15, -0.1) is 0 Å². The van der Waals surface area contributed by atoms with Gasteiger partial charge < -0.3 is 15.4 Å². The van der Waals surface area contributed by atoms with Gasteiger partial charge in [0.05, 0.1) is 17.6 Å². The van der Waals surface area contributed by atoms with Crippen molar-refractivity contribution in [3.05, 3.63) is 90.4 Å². The van der Waals surface area contributed by atoms with E-state index in [-0.39, 0.29) is 0 Å². The van der Waals surface area contributed by atoms with Crippen LogP contribution in [0.5, 0.6) is 5.75 Å². The van der Waals surface area contributed by atoms with Gasteiger partial charge in [0, 0.05) is 69.1 Å². The number of benzene rings is 2. The van der Waals surface area contributed by atoms with E-state index < -0.39 is 0 Å². The van der Waals surface area contributed by atoms with Crippen LogP contribution in [0, 0.1) is 6.92 Å². The lowest BCUT2D eigenvalue weighted by atomic mass is 10.2. The highest BCUT2D eigenvalue weighted by Gasteiger charge is 2.18. The number of nitrogens with zero attached hydrogens (tertiary/aromatic N) is 7. The van der Waals surface area contributed by atoms with E-state index in [0.717, 1.165) is 85.2 Å². The highest BCUT2D eigenvalue weighted by Crippen LogP contribution is 2.29. The molecule has 0 radical (unpaired) electrons. The number of nitrogens with two attached hydrogens (primary N) is 1. The number of imidazole rings is 1. The topological polar surface area (TPSA) is 98.2 Å². The number of ether oxygens (including phenoxy) is 1. The second kappa shape index (κ2) is 11.8. The Kier molecular flexibility index (Phi) is 7.65. The molecule has 9 heteroatoms. The summed E-state index contributed by atoms with van der Waals surface area (Å²) in [6, 6.07) is 20.5. The Balaban J connectivity index is 1.03. The molecule has 1 aliphatic rings. The first-order valence-corrected chi connectivity index (χ1v) is 13.8. The summed E-state index contributed by atoms with van der Waals surface area (Å²) < 4.78 is 8.27. The summed E-state index contributed by atoms with van der Waals surface area (Å²) in [5.74, 6) is 2.03. The molecule has 0 amide bonds. The Hall–Kier alpha value is -4.34. The van der Waals surface area contributed by atoms with Gasteiger partial charge >= 0.3 is 0 Å². The average Bonchev–Trinajstić information content (AvgIpc) is 3.37. The molecule has 9 nitrogen and oxygen atoms in total. The van der Waals surface area contributed by atoms with E-state index in [4.69, 9.17) is 15.5 Å². The van der Waals surface area contributed by atoms with Crippen LogP contribution in [0.4, 0.5) is 5.95 Å². The highest BCUT2D eigenvalue weighted by molar-refractivity contribution is 5.83. The maximum Gasteiger partial charge on any atom is 0.219 e. The van der Waals surface area contributed by atoms with Crippen molar-refractivity contribution in [1.82, 2.24) is 34.3 Å². The van der Waals surface area contributed by atoms with Crippen LogP contribution in [0.3, 0.4) is 0 Å². The van der Waals surface area contributed by atoms with E-state index >= 15 is 0 Å². The SMILES string of the molecule is Cc1ccc2c(c1)nc(-c1ccccn1)n2-c1ccc(OCCCN2CCN(Cc3cnc(N)nc3)CC2)cc1. The number of hydrogen-bond acceptors (Lipinski definition) is 8. The van der Waals surface area contributed by atoms with Crippen LogP contribution in [-0.2, 0) is 6.54 Å². The van der Waals surface area contributed by atoms with Crippen LogP contribution in [-0.4, -0.2) is 73.6 Å². The lowest BCUT2D eigenvalue weighted by molar-refractivity contribution is 0.121. The van der Waals surface area contributed by atoms with E-state index in [9.17, 15) is 0 Å². The molecule has 5 aromatic rings. The second-order valence-corrected chi connectivity index (χ2v) is 10.2. The van der Waals surface area contributed by atoms with E-state index in [1.54, 1.807) is 6.20 Å². The van der Waals surface area contributed by atoms with Crippen LogP contribution in [0.1, 0.15) is 17.5 Å². The van der Waals surface area contributed by atoms with Gasteiger partial charge in [0.25, 0.3) is 0 Å². The zero-order valence-corrected chi connectivity index (χ0v) is 22.8. The largest absolute Gasteiger partial charge is 0.494 e. The van der Waals surface area contributed by atoms with Gasteiger partial charge in [0.1, 0.15) is 11.4 Å². The molecule has 40 heavy (non-hydrogen) atoms. The first kappa shape index (κ1) is 25.9.